The molecule has 0 aliphatic rings. The molecule has 2 N–H and O–H groups in total. The van der Waals surface area contributed by atoms with Crippen molar-refractivity contribution in [3.8, 4) is 0 Å². The molecule has 0 saturated heterocycles. The van der Waals surface area contributed by atoms with Crippen molar-refractivity contribution in [1.82, 2.24) is 4.72 Å². The van der Waals surface area contributed by atoms with Crippen LogP contribution in [0.4, 0.5) is 0 Å². The predicted molar refractivity (Wildman–Crippen MR) is 70.5 cm³/mol. The summed E-state index contributed by atoms with van der Waals surface area (Å²) in [4.78, 5) is 10.7. The van der Waals surface area contributed by atoms with Gasteiger partial charge in [0.2, 0.25) is 10.0 Å². The van der Waals surface area contributed by atoms with E-state index in [2.05, 4.69) is 4.72 Å². The molecule has 0 amide bonds. The summed E-state index contributed by atoms with van der Waals surface area (Å²) in [6.07, 6.45) is 0. The van der Waals surface area contributed by atoms with Gasteiger partial charge in [-0.05, 0) is 24.0 Å². The Labute approximate surface area is 111 Å². The van der Waals surface area contributed by atoms with Crippen molar-refractivity contribution < 1.29 is 18.3 Å². The molecule has 1 aromatic rings. The number of carboxylic acid groups (broad SMARTS) is 1. The van der Waals surface area contributed by atoms with E-state index in [4.69, 9.17) is 5.11 Å². The minimum atomic E-state index is -3.60. The average molecular weight is 291 g/mol. The molecule has 0 saturated carbocycles. The van der Waals surface area contributed by atoms with Gasteiger partial charge < -0.3 is 5.11 Å². The van der Waals surface area contributed by atoms with E-state index in [9.17, 15) is 13.2 Å². The van der Waals surface area contributed by atoms with Crippen LogP contribution in [0.3, 0.4) is 0 Å². The Bertz CT molecular complexity index is 519. The second-order valence-corrected chi connectivity index (χ2v) is 7.57. The Hall–Kier alpha value is -0.920. The molecule has 1 atom stereocenters. The highest BCUT2D eigenvalue weighted by Crippen LogP contribution is 2.21. The lowest BCUT2D eigenvalue weighted by molar-refractivity contribution is 0.0702. The molecule has 1 unspecified atom stereocenters. The van der Waals surface area contributed by atoms with Gasteiger partial charge in [-0.15, -0.1) is 11.3 Å². The summed E-state index contributed by atoms with van der Waals surface area (Å²) in [6, 6.07) is 2.62. The van der Waals surface area contributed by atoms with Gasteiger partial charge in [-0.25, -0.2) is 17.9 Å². The van der Waals surface area contributed by atoms with Crippen LogP contribution in [-0.4, -0.2) is 26.0 Å². The fourth-order valence-corrected chi connectivity index (χ4v) is 3.46. The van der Waals surface area contributed by atoms with E-state index in [0.717, 1.165) is 11.3 Å². The van der Waals surface area contributed by atoms with Gasteiger partial charge in [0.25, 0.3) is 0 Å². The Morgan fingerprint density at radius 1 is 1.39 bits per heavy atom. The van der Waals surface area contributed by atoms with Crippen LogP contribution in [0.5, 0.6) is 0 Å². The lowest BCUT2D eigenvalue weighted by Gasteiger charge is -2.15. The molecular formula is C11H17NO4S2. The van der Waals surface area contributed by atoms with Crippen molar-refractivity contribution >= 4 is 27.3 Å². The summed E-state index contributed by atoms with van der Waals surface area (Å²) in [6.45, 7) is 6.35. The molecule has 0 aliphatic carbocycles. The first-order chi connectivity index (χ1) is 8.24. The van der Waals surface area contributed by atoms with Crippen molar-refractivity contribution in [2.24, 2.45) is 11.8 Å². The van der Waals surface area contributed by atoms with E-state index in [0.29, 0.717) is 12.5 Å². The van der Waals surface area contributed by atoms with E-state index in [-0.39, 0.29) is 15.0 Å². The third-order valence-electron chi connectivity index (χ3n) is 2.79. The van der Waals surface area contributed by atoms with Crippen LogP contribution < -0.4 is 4.72 Å². The molecular weight excluding hydrogens is 274 g/mol. The fourth-order valence-electron chi connectivity index (χ4n) is 1.13. The van der Waals surface area contributed by atoms with E-state index in [1.54, 1.807) is 0 Å². The summed E-state index contributed by atoms with van der Waals surface area (Å²) in [5, 5.41) is 8.75. The van der Waals surface area contributed by atoms with Crippen LogP contribution in [0.1, 0.15) is 30.4 Å². The zero-order chi connectivity index (χ0) is 13.9. The SMILES string of the molecule is CC(C)C(C)CNS(=O)(=O)c1ccc(C(=O)O)s1. The minimum absolute atomic E-state index is 0.0206. The minimum Gasteiger partial charge on any atom is -0.477 e. The van der Waals surface area contributed by atoms with Crippen molar-refractivity contribution in [2.45, 2.75) is 25.0 Å². The van der Waals surface area contributed by atoms with Gasteiger partial charge in [-0.1, -0.05) is 20.8 Å². The zero-order valence-corrected chi connectivity index (χ0v) is 12.1. The maximum atomic E-state index is 11.9. The zero-order valence-electron chi connectivity index (χ0n) is 10.5. The first kappa shape index (κ1) is 15.1. The maximum absolute atomic E-state index is 11.9. The lowest BCUT2D eigenvalue weighted by atomic mass is 9.99. The summed E-state index contributed by atoms with van der Waals surface area (Å²) in [7, 11) is -3.60. The number of hydrogen-bond acceptors (Lipinski definition) is 4. The van der Waals surface area contributed by atoms with Gasteiger partial charge in [0, 0.05) is 6.54 Å². The Morgan fingerprint density at radius 3 is 2.44 bits per heavy atom. The van der Waals surface area contributed by atoms with Gasteiger partial charge in [-0.2, -0.15) is 0 Å². The van der Waals surface area contributed by atoms with Crippen molar-refractivity contribution in [3.05, 3.63) is 17.0 Å². The van der Waals surface area contributed by atoms with Gasteiger partial charge in [-0.3, -0.25) is 0 Å². The number of sulfonamides is 1. The fraction of sp³-hybridized carbons (Fsp3) is 0.545. The highest BCUT2D eigenvalue weighted by molar-refractivity contribution is 7.91. The number of carbonyl (C=O) groups is 1. The molecule has 0 fully saturated rings. The second kappa shape index (κ2) is 5.81. The molecule has 0 bridgehead atoms. The van der Waals surface area contributed by atoms with Crippen molar-refractivity contribution in [3.63, 3.8) is 0 Å². The van der Waals surface area contributed by atoms with Gasteiger partial charge in [0.15, 0.2) is 0 Å². The quantitative estimate of drug-likeness (QED) is 0.840. The predicted octanol–water partition coefficient (Wildman–Crippen LogP) is 2.02. The Morgan fingerprint density at radius 2 is 2.00 bits per heavy atom. The smallest absolute Gasteiger partial charge is 0.345 e. The standard InChI is InChI=1S/C11H17NO4S2/c1-7(2)8(3)6-12-18(15,16)10-5-4-9(17-10)11(13)14/h4-5,7-8,12H,6H2,1-3H3,(H,13,14). The largest absolute Gasteiger partial charge is 0.477 e. The molecule has 5 nitrogen and oxygen atoms in total. The first-order valence-corrected chi connectivity index (χ1v) is 7.87. The van der Waals surface area contributed by atoms with E-state index >= 15 is 0 Å². The third kappa shape index (κ3) is 3.79. The Kier molecular flexibility index (Phi) is 4.89. The highest BCUT2D eigenvalue weighted by atomic mass is 32.2. The summed E-state index contributed by atoms with van der Waals surface area (Å²) < 4.78 is 26.3. The van der Waals surface area contributed by atoms with Crippen LogP contribution in [0.15, 0.2) is 16.3 Å². The van der Waals surface area contributed by atoms with Crippen LogP contribution in [0.25, 0.3) is 0 Å². The molecule has 1 rings (SSSR count). The van der Waals surface area contributed by atoms with E-state index < -0.39 is 16.0 Å². The number of carboxylic acids is 1. The summed E-state index contributed by atoms with van der Waals surface area (Å²) in [5.41, 5.74) is 0. The van der Waals surface area contributed by atoms with E-state index in [1.165, 1.54) is 12.1 Å². The number of aromatic carboxylic acids is 1. The molecule has 102 valence electrons. The topological polar surface area (TPSA) is 83.5 Å². The van der Waals surface area contributed by atoms with E-state index in [1.807, 2.05) is 20.8 Å². The van der Waals surface area contributed by atoms with Crippen molar-refractivity contribution in [2.75, 3.05) is 6.54 Å². The van der Waals surface area contributed by atoms with Gasteiger partial charge >= 0.3 is 5.97 Å². The van der Waals surface area contributed by atoms with Crippen LogP contribution in [0, 0.1) is 11.8 Å². The number of rotatable bonds is 6. The van der Waals surface area contributed by atoms with Gasteiger partial charge in [0.05, 0.1) is 0 Å². The molecule has 7 heteroatoms. The maximum Gasteiger partial charge on any atom is 0.345 e. The van der Waals surface area contributed by atoms with Gasteiger partial charge in [0.1, 0.15) is 9.09 Å². The van der Waals surface area contributed by atoms with Crippen LogP contribution >= 0.6 is 11.3 Å². The molecule has 0 spiro atoms. The molecule has 0 radical (unpaired) electrons. The molecule has 1 aromatic heterocycles. The first-order valence-electron chi connectivity index (χ1n) is 5.57. The second-order valence-electron chi connectivity index (χ2n) is 4.50. The summed E-state index contributed by atoms with van der Waals surface area (Å²) in [5.74, 6) is -0.513. The van der Waals surface area contributed by atoms with Crippen LogP contribution in [-0.2, 0) is 10.0 Å². The lowest BCUT2D eigenvalue weighted by Crippen LogP contribution is -2.29. The summed E-state index contributed by atoms with van der Waals surface area (Å²) >= 11 is 0.758. The highest BCUT2D eigenvalue weighted by Gasteiger charge is 2.20. The number of nitrogens with one attached hydrogen (secondary N) is 1. The molecule has 1 heterocycles. The third-order valence-corrected chi connectivity index (χ3v) is 5.78. The van der Waals surface area contributed by atoms with Crippen molar-refractivity contribution in [1.29, 1.82) is 0 Å². The molecule has 18 heavy (non-hydrogen) atoms. The monoisotopic (exact) mass is 291 g/mol. The normalized spacial score (nSPS) is 13.8. The molecule has 0 aliphatic heterocycles. The number of hydrogen-bond donors (Lipinski definition) is 2. The average Bonchev–Trinajstić information content (AvgIpc) is 2.75. The molecule has 0 aromatic carbocycles. The van der Waals surface area contributed by atoms with Crippen LogP contribution in [0.2, 0.25) is 0 Å². The number of thiophene rings is 1. The Balaban J connectivity index is 2.77.